The number of aryl methyl sites for hydroxylation is 1. The van der Waals surface area contributed by atoms with Crippen molar-refractivity contribution in [1.29, 1.82) is 0 Å². The molecule has 1 saturated heterocycles. The van der Waals surface area contributed by atoms with E-state index in [1.54, 1.807) is 13.0 Å². The van der Waals surface area contributed by atoms with E-state index in [1.165, 1.54) is 18.6 Å². The third-order valence-electron chi connectivity index (χ3n) is 5.21. The third-order valence-corrected chi connectivity index (χ3v) is 5.21. The lowest BCUT2D eigenvalue weighted by Crippen LogP contribution is -2.40. The Morgan fingerprint density at radius 1 is 1.17 bits per heavy atom. The molecule has 1 aromatic rings. The largest absolute Gasteiger partial charge is 0.347 e. The van der Waals surface area contributed by atoms with Crippen LogP contribution in [0.2, 0.25) is 0 Å². The summed E-state index contributed by atoms with van der Waals surface area (Å²) in [6.07, 6.45) is 6.31. The molecule has 1 aromatic carbocycles. The molecule has 1 unspecified atom stereocenters. The molecule has 0 spiro atoms. The van der Waals surface area contributed by atoms with Crippen molar-refractivity contribution in [2.75, 3.05) is 13.1 Å². The highest BCUT2D eigenvalue weighted by molar-refractivity contribution is 5.94. The average Bonchev–Trinajstić information content (AvgIpc) is 3.06. The minimum absolute atomic E-state index is 0.0181. The van der Waals surface area contributed by atoms with Crippen LogP contribution in [0.15, 0.2) is 18.2 Å². The van der Waals surface area contributed by atoms with Gasteiger partial charge in [0.2, 0.25) is 5.91 Å². The molecular weight excluding hydrogens is 307 g/mol. The lowest BCUT2D eigenvalue weighted by Gasteiger charge is -2.26. The zero-order valence-corrected chi connectivity index (χ0v) is 14.2. The number of carbonyl (C=O) groups excluding carboxylic acids is 2. The highest BCUT2D eigenvalue weighted by atomic mass is 19.1. The summed E-state index contributed by atoms with van der Waals surface area (Å²) in [6.45, 7) is 2.94. The van der Waals surface area contributed by atoms with Crippen LogP contribution in [-0.2, 0) is 4.79 Å². The van der Waals surface area contributed by atoms with Gasteiger partial charge in [0.15, 0.2) is 0 Å². The van der Waals surface area contributed by atoms with Crippen LogP contribution < -0.4 is 5.32 Å². The molecule has 24 heavy (non-hydrogen) atoms. The Morgan fingerprint density at radius 3 is 2.62 bits per heavy atom. The second kappa shape index (κ2) is 7.32. The maximum atomic E-state index is 13.3. The molecule has 130 valence electrons. The number of hydrogen-bond donors (Lipinski definition) is 1. The minimum atomic E-state index is -0.309. The number of amides is 2. The van der Waals surface area contributed by atoms with E-state index >= 15 is 0 Å². The number of nitrogens with one attached hydrogen (secondary N) is 1. The molecule has 2 amide bonds. The molecule has 2 fully saturated rings. The number of halogens is 1. The van der Waals surface area contributed by atoms with Gasteiger partial charge in [-0.1, -0.05) is 19.3 Å². The van der Waals surface area contributed by atoms with E-state index in [2.05, 4.69) is 5.32 Å². The van der Waals surface area contributed by atoms with Gasteiger partial charge in [-0.05, 0) is 49.9 Å². The van der Waals surface area contributed by atoms with Crippen LogP contribution in [0.5, 0.6) is 0 Å². The van der Waals surface area contributed by atoms with Crippen molar-refractivity contribution in [3.63, 3.8) is 0 Å². The molecule has 0 bridgehead atoms. The molecule has 2 aliphatic rings. The van der Waals surface area contributed by atoms with E-state index in [-0.39, 0.29) is 29.6 Å². The summed E-state index contributed by atoms with van der Waals surface area (Å²) in [5.41, 5.74) is 0.925. The van der Waals surface area contributed by atoms with Crippen molar-refractivity contribution in [3.05, 3.63) is 35.1 Å². The number of likely N-dealkylation sites (tertiary alicyclic amines) is 1. The fraction of sp³-hybridized carbons (Fsp3) is 0.579. The second-order valence-electron chi connectivity index (χ2n) is 7.04. The summed E-state index contributed by atoms with van der Waals surface area (Å²) in [5.74, 6) is -0.0799. The van der Waals surface area contributed by atoms with Gasteiger partial charge in [0, 0.05) is 30.6 Å². The molecular formula is C19H25FN2O2. The zero-order valence-electron chi connectivity index (χ0n) is 14.2. The SMILES string of the molecule is Cc1cc(C(=O)NC2CCN(C(=O)C3CCCCC3)C2)ccc1F. The van der Waals surface area contributed by atoms with E-state index < -0.39 is 0 Å². The Hall–Kier alpha value is -1.91. The highest BCUT2D eigenvalue weighted by Crippen LogP contribution is 2.26. The van der Waals surface area contributed by atoms with Crippen LogP contribution in [0, 0.1) is 18.7 Å². The standard InChI is InChI=1S/C19H25FN2O2/c1-13-11-15(7-8-17(13)20)18(23)21-16-9-10-22(12-16)19(24)14-5-3-2-4-6-14/h7-8,11,14,16H,2-6,9-10,12H2,1H3,(H,21,23). The van der Waals surface area contributed by atoms with Crippen molar-refractivity contribution in [2.24, 2.45) is 5.92 Å². The molecule has 0 radical (unpaired) electrons. The van der Waals surface area contributed by atoms with Crippen molar-refractivity contribution in [3.8, 4) is 0 Å². The number of hydrogen-bond acceptors (Lipinski definition) is 2. The molecule has 5 heteroatoms. The summed E-state index contributed by atoms with van der Waals surface area (Å²) in [7, 11) is 0. The first-order valence-corrected chi connectivity index (χ1v) is 8.90. The van der Waals surface area contributed by atoms with Crippen molar-refractivity contribution in [1.82, 2.24) is 10.2 Å². The third kappa shape index (κ3) is 3.77. The van der Waals surface area contributed by atoms with E-state index in [9.17, 15) is 14.0 Å². The molecule has 1 aliphatic carbocycles. The summed E-state index contributed by atoms with van der Waals surface area (Å²) in [5, 5.41) is 2.97. The fourth-order valence-corrected chi connectivity index (χ4v) is 3.74. The molecule has 1 heterocycles. The minimum Gasteiger partial charge on any atom is -0.347 e. The summed E-state index contributed by atoms with van der Waals surface area (Å²) < 4.78 is 13.3. The first-order valence-electron chi connectivity index (χ1n) is 8.90. The fourth-order valence-electron chi connectivity index (χ4n) is 3.74. The Kier molecular flexibility index (Phi) is 5.17. The van der Waals surface area contributed by atoms with Crippen LogP contribution >= 0.6 is 0 Å². The molecule has 1 aliphatic heterocycles. The molecule has 1 saturated carbocycles. The first-order chi connectivity index (χ1) is 11.5. The van der Waals surface area contributed by atoms with E-state index in [0.717, 1.165) is 32.1 Å². The molecule has 1 N–H and O–H groups in total. The molecule has 4 nitrogen and oxygen atoms in total. The topological polar surface area (TPSA) is 49.4 Å². The van der Waals surface area contributed by atoms with Crippen LogP contribution in [-0.4, -0.2) is 35.8 Å². The van der Waals surface area contributed by atoms with Gasteiger partial charge in [-0.2, -0.15) is 0 Å². The number of nitrogens with zero attached hydrogens (tertiary/aromatic N) is 1. The van der Waals surface area contributed by atoms with E-state index in [4.69, 9.17) is 0 Å². The smallest absolute Gasteiger partial charge is 0.251 e. The average molecular weight is 332 g/mol. The highest BCUT2D eigenvalue weighted by Gasteiger charge is 2.32. The molecule has 3 rings (SSSR count). The Labute approximate surface area is 142 Å². The van der Waals surface area contributed by atoms with Crippen molar-refractivity contribution in [2.45, 2.75) is 51.5 Å². The quantitative estimate of drug-likeness (QED) is 0.925. The lowest BCUT2D eigenvalue weighted by molar-refractivity contribution is -0.135. The molecule has 0 aromatic heterocycles. The van der Waals surface area contributed by atoms with Crippen LogP contribution in [0.3, 0.4) is 0 Å². The number of rotatable bonds is 3. The van der Waals surface area contributed by atoms with Crippen molar-refractivity contribution < 1.29 is 14.0 Å². The predicted molar refractivity (Wildman–Crippen MR) is 90.2 cm³/mol. The normalized spacial score (nSPS) is 21.8. The van der Waals surface area contributed by atoms with Gasteiger partial charge in [-0.15, -0.1) is 0 Å². The predicted octanol–water partition coefficient (Wildman–Crippen LogP) is 3.05. The van der Waals surface area contributed by atoms with Gasteiger partial charge < -0.3 is 10.2 Å². The van der Waals surface area contributed by atoms with Crippen LogP contribution in [0.4, 0.5) is 4.39 Å². The lowest BCUT2D eigenvalue weighted by atomic mass is 9.88. The Balaban J connectivity index is 1.54. The summed E-state index contributed by atoms with van der Waals surface area (Å²) in [4.78, 5) is 26.8. The summed E-state index contributed by atoms with van der Waals surface area (Å²) >= 11 is 0. The maximum Gasteiger partial charge on any atom is 0.251 e. The van der Waals surface area contributed by atoms with Crippen molar-refractivity contribution >= 4 is 11.8 Å². The second-order valence-corrected chi connectivity index (χ2v) is 7.04. The monoisotopic (exact) mass is 332 g/mol. The van der Waals surface area contributed by atoms with Gasteiger partial charge >= 0.3 is 0 Å². The number of benzene rings is 1. The van der Waals surface area contributed by atoms with Crippen LogP contribution in [0.1, 0.15) is 54.4 Å². The Bertz CT molecular complexity index is 626. The van der Waals surface area contributed by atoms with Gasteiger partial charge in [-0.3, -0.25) is 9.59 Å². The first kappa shape index (κ1) is 16.9. The molecule has 1 atom stereocenters. The summed E-state index contributed by atoms with van der Waals surface area (Å²) in [6, 6.07) is 4.36. The van der Waals surface area contributed by atoms with Gasteiger partial charge in [0.1, 0.15) is 5.82 Å². The zero-order chi connectivity index (χ0) is 17.1. The van der Waals surface area contributed by atoms with E-state index in [1.807, 2.05) is 4.90 Å². The van der Waals surface area contributed by atoms with Gasteiger partial charge in [-0.25, -0.2) is 4.39 Å². The Morgan fingerprint density at radius 2 is 1.92 bits per heavy atom. The van der Waals surface area contributed by atoms with Gasteiger partial charge in [0.25, 0.3) is 5.91 Å². The van der Waals surface area contributed by atoms with Crippen LogP contribution in [0.25, 0.3) is 0 Å². The number of carbonyl (C=O) groups is 2. The van der Waals surface area contributed by atoms with Gasteiger partial charge in [0.05, 0.1) is 0 Å². The maximum absolute atomic E-state index is 13.3. The van der Waals surface area contributed by atoms with E-state index in [0.29, 0.717) is 24.2 Å².